The first-order valence-corrected chi connectivity index (χ1v) is 11.5. The van der Waals surface area contributed by atoms with Crippen LogP contribution in [0.4, 0.5) is 10.1 Å². The molecule has 3 heterocycles. The minimum atomic E-state index is -4.53. The standard InChI is InChI=1S/C19H19ClFN5O3S2/c1-25-9-15(22-10-25)18-6-5-17(30-18)14-8-16(26(2)31(28,29)24-14)19(27)23-11-3-4-13(21)12(20)7-11/h3-7,9-10,14,16,24H,8H2,1-2H3,(H,23,27)/t14-,16+/m1/s1/i8D,14D,16D/t8?,14-,16+. The van der Waals surface area contributed by atoms with Crippen molar-refractivity contribution >= 4 is 44.7 Å². The van der Waals surface area contributed by atoms with Gasteiger partial charge in [0.05, 0.1) is 30.7 Å². The van der Waals surface area contributed by atoms with Crippen LogP contribution >= 0.6 is 22.9 Å². The number of anilines is 1. The Morgan fingerprint density at radius 2 is 2.19 bits per heavy atom. The van der Waals surface area contributed by atoms with Gasteiger partial charge in [-0.25, -0.2) is 9.37 Å². The second-order valence-electron chi connectivity index (χ2n) is 6.69. The summed E-state index contributed by atoms with van der Waals surface area (Å²) in [6.45, 7) is 0. The van der Waals surface area contributed by atoms with Crippen LogP contribution in [-0.4, -0.2) is 41.2 Å². The van der Waals surface area contributed by atoms with Gasteiger partial charge in [0.25, 0.3) is 10.2 Å². The molecule has 8 nitrogen and oxygen atoms in total. The van der Waals surface area contributed by atoms with E-state index in [9.17, 15) is 17.6 Å². The number of thiophene rings is 1. The lowest BCUT2D eigenvalue weighted by molar-refractivity contribution is -0.120. The number of aryl methyl sites for hydroxylation is 1. The van der Waals surface area contributed by atoms with Crippen molar-refractivity contribution < 1.29 is 21.7 Å². The summed E-state index contributed by atoms with van der Waals surface area (Å²) in [6, 6.07) is 1.27. The van der Waals surface area contributed by atoms with Crippen molar-refractivity contribution in [2.24, 2.45) is 7.05 Å². The van der Waals surface area contributed by atoms with Crippen LogP contribution in [0, 0.1) is 5.82 Å². The maximum absolute atomic E-state index is 13.5. The van der Waals surface area contributed by atoms with Crippen molar-refractivity contribution in [2.45, 2.75) is 18.4 Å². The highest BCUT2D eigenvalue weighted by atomic mass is 35.5. The van der Waals surface area contributed by atoms with E-state index in [1.165, 1.54) is 12.1 Å². The van der Waals surface area contributed by atoms with Crippen LogP contribution in [0.3, 0.4) is 0 Å². The SMILES string of the molecule is [2H]C1[C@]([2H])(c2ccc(-c3cn(C)cn3)s2)NS(=O)(=O)N(C)[C@]1([2H])C(=O)Nc1ccc(F)c(Cl)c1. The smallest absolute Gasteiger partial charge is 0.280 e. The number of nitrogens with one attached hydrogen (secondary N) is 2. The molecular formula is C19H19ClFN5O3S2. The summed E-state index contributed by atoms with van der Waals surface area (Å²) < 4.78 is 69.9. The number of likely N-dealkylation sites (N-methyl/N-ethyl adjacent to an activating group) is 1. The van der Waals surface area contributed by atoms with Crippen LogP contribution in [0.5, 0.6) is 0 Å². The number of amides is 1. The maximum atomic E-state index is 13.5. The van der Waals surface area contributed by atoms with E-state index >= 15 is 0 Å². The number of nitrogens with zero attached hydrogens (tertiary/aromatic N) is 3. The van der Waals surface area contributed by atoms with Crippen molar-refractivity contribution in [2.75, 3.05) is 12.4 Å². The molecule has 0 aliphatic carbocycles. The largest absolute Gasteiger partial charge is 0.340 e. The van der Waals surface area contributed by atoms with E-state index in [0.717, 1.165) is 30.5 Å². The Morgan fingerprint density at radius 3 is 2.87 bits per heavy atom. The van der Waals surface area contributed by atoms with Crippen molar-refractivity contribution in [3.05, 3.63) is 58.6 Å². The van der Waals surface area contributed by atoms with E-state index in [0.29, 0.717) is 14.9 Å². The van der Waals surface area contributed by atoms with E-state index < -0.39 is 40.4 Å². The second-order valence-corrected chi connectivity index (χ2v) is 9.88. The Kier molecular flexibility index (Phi) is 4.91. The molecule has 0 saturated carbocycles. The van der Waals surface area contributed by atoms with Gasteiger partial charge in [0.1, 0.15) is 11.8 Å². The number of carbonyl (C=O) groups excluding carboxylic acids is 1. The molecule has 0 bridgehead atoms. The van der Waals surface area contributed by atoms with Crippen molar-refractivity contribution in [1.29, 1.82) is 0 Å². The highest BCUT2D eigenvalue weighted by Gasteiger charge is 2.41. The number of hydrogen-bond donors (Lipinski definition) is 2. The molecule has 164 valence electrons. The van der Waals surface area contributed by atoms with Crippen molar-refractivity contribution in [3.8, 4) is 10.6 Å². The van der Waals surface area contributed by atoms with Gasteiger partial charge in [0, 0.05) is 32.2 Å². The lowest BCUT2D eigenvalue weighted by Crippen LogP contribution is -2.55. The van der Waals surface area contributed by atoms with Crippen molar-refractivity contribution in [1.82, 2.24) is 18.6 Å². The van der Waals surface area contributed by atoms with Gasteiger partial charge in [-0.2, -0.15) is 17.4 Å². The Balaban J connectivity index is 1.74. The number of halogens is 2. The van der Waals surface area contributed by atoms with E-state index in [-0.39, 0.29) is 15.6 Å². The first-order chi connectivity index (χ1) is 15.8. The normalized spacial score (nSPS) is 29.7. The van der Waals surface area contributed by atoms with Gasteiger partial charge in [-0.05, 0) is 36.7 Å². The molecule has 1 aliphatic rings. The molecule has 3 aromatic rings. The molecule has 3 atom stereocenters. The summed E-state index contributed by atoms with van der Waals surface area (Å²) >= 11 is 6.77. The Labute approximate surface area is 192 Å². The van der Waals surface area contributed by atoms with Gasteiger partial charge in [-0.15, -0.1) is 11.3 Å². The van der Waals surface area contributed by atoms with E-state index in [2.05, 4.69) is 15.0 Å². The van der Waals surface area contributed by atoms with Gasteiger partial charge < -0.3 is 9.88 Å². The van der Waals surface area contributed by atoms with Crippen LogP contribution in [-0.2, 0) is 22.1 Å². The summed E-state index contributed by atoms with van der Waals surface area (Å²) in [5.41, 5.74) is 0.589. The number of imidazole rings is 1. The van der Waals surface area contributed by atoms with Crippen LogP contribution in [0.15, 0.2) is 42.9 Å². The summed E-state index contributed by atoms with van der Waals surface area (Å²) in [7, 11) is -1.78. The summed E-state index contributed by atoms with van der Waals surface area (Å²) in [4.78, 5) is 18.1. The molecule has 1 saturated heterocycles. The minimum absolute atomic E-state index is 0.00342. The summed E-state index contributed by atoms with van der Waals surface area (Å²) in [5, 5.41) is 2.03. The topological polar surface area (TPSA) is 96.3 Å². The van der Waals surface area contributed by atoms with E-state index in [1.54, 1.807) is 30.2 Å². The number of aromatic nitrogens is 2. The van der Waals surface area contributed by atoms with Gasteiger partial charge in [-0.1, -0.05) is 11.6 Å². The van der Waals surface area contributed by atoms with Crippen LogP contribution in [0.1, 0.15) is 21.4 Å². The third-order valence-corrected chi connectivity index (χ3v) is 7.28. The molecule has 4 rings (SSSR count). The lowest BCUT2D eigenvalue weighted by atomic mass is 10.1. The minimum Gasteiger partial charge on any atom is -0.340 e. The molecule has 0 radical (unpaired) electrons. The quantitative estimate of drug-likeness (QED) is 0.592. The fourth-order valence-electron chi connectivity index (χ4n) is 2.85. The van der Waals surface area contributed by atoms with Crippen LogP contribution in [0.25, 0.3) is 10.6 Å². The van der Waals surface area contributed by atoms with E-state index in [1.807, 2.05) is 0 Å². The molecule has 31 heavy (non-hydrogen) atoms. The van der Waals surface area contributed by atoms with Gasteiger partial charge in [0.15, 0.2) is 0 Å². The fourth-order valence-corrected chi connectivity index (χ4v) is 5.02. The maximum Gasteiger partial charge on any atom is 0.280 e. The monoisotopic (exact) mass is 486 g/mol. The lowest BCUT2D eigenvalue weighted by Gasteiger charge is -2.35. The Hall–Kier alpha value is -2.31. The molecule has 12 heteroatoms. The summed E-state index contributed by atoms with van der Waals surface area (Å²) in [6.07, 6.45) is 1.39. The van der Waals surface area contributed by atoms with Gasteiger partial charge in [-0.3, -0.25) is 4.79 Å². The van der Waals surface area contributed by atoms with Gasteiger partial charge >= 0.3 is 0 Å². The molecule has 1 unspecified atom stereocenters. The second kappa shape index (κ2) is 8.32. The number of carbonyl (C=O) groups is 1. The van der Waals surface area contributed by atoms with Crippen molar-refractivity contribution in [3.63, 3.8) is 0 Å². The van der Waals surface area contributed by atoms with Crippen LogP contribution < -0.4 is 10.0 Å². The zero-order valence-electron chi connectivity index (χ0n) is 19.3. The molecule has 1 amide bonds. The molecule has 1 fully saturated rings. The zero-order chi connectivity index (χ0) is 25.1. The first kappa shape index (κ1) is 18.3. The third-order valence-electron chi connectivity index (χ3n) is 4.46. The first-order valence-electron chi connectivity index (χ1n) is 10.4. The third kappa shape index (κ3) is 4.51. The van der Waals surface area contributed by atoms with Crippen LogP contribution in [0.2, 0.25) is 5.02 Å². The average molecular weight is 487 g/mol. The molecule has 2 N–H and O–H groups in total. The van der Waals surface area contributed by atoms with Gasteiger partial charge in [0.2, 0.25) is 5.91 Å². The zero-order valence-corrected chi connectivity index (χ0v) is 18.6. The fraction of sp³-hybridized carbons (Fsp3) is 0.263. The predicted octanol–water partition coefficient (Wildman–Crippen LogP) is 3.16. The molecule has 2 aromatic heterocycles. The number of benzene rings is 1. The highest BCUT2D eigenvalue weighted by Crippen LogP contribution is 2.35. The Morgan fingerprint density at radius 1 is 1.42 bits per heavy atom. The molecular weight excluding hydrogens is 465 g/mol. The number of hydrogen-bond acceptors (Lipinski definition) is 5. The Bertz CT molecular complexity index is 1390. The summed E-state index contributed by atoms with van der Waals surface area (Å²) in [5.74, 6) is -1.92. The van der Waals surface area contributed by atoms with E-state index in [4.69, 9.17) is 15.7 Å². The molecule has 1 aliphatic heterocycles. The molecule has 0 spiro atoms. The average Bonchev–Trinajstić information content (AvgIpc) is 3.43. The molecule has 1 aromatic carbocycles. The highest BCUT2D eigenvalue weighted by molar-refractivity contribution is 7.87. The number of rotatable bonds is 4. The predicted molar refractivity (Wildman–Crippen MR) is 118 cm³/mol.